The van der Waals surface area contributed by atoms with Gasteiger partial charge in [0.25, 0.3) is 0 Å². The Morgan fingerprint density at radius 2 is 2.25 bits per heavy atom. The molecule has 1 N–H and O–H groups in total. The normalized spacial score (nSPS) is 20.9. The lowest BCUT2D eigenvalue weighted by Gasteiger charge is -2.24. The summed E-state index contributed by atoms with van der Waals surface area (Å²) < 4.78 is 40.8. The Balaban J connectivity index is 2.17. The molecule has 1 aliphatic rings. The third kappa shape index (κ3) is 4.31. The van der Waals surface area contributed by atoms with Gasteiger partial charge in [0.15, 0.2) is 0 Å². The lowest BCUT2D eigenvalue weighted by molar-refractivity contribution is -0.274. The molecule has 2 nitrogen and oxygen atoms in total. The molecular formula is C14H18F3NOS. The van der Waals surface area contributed by atoms with E-state index in [1.165, 1.54) is 12.1 Å². The van der Waals surface area contributed by atoms with Crippen molar-refractivity contribution in [3.05, 3.63) is 29.8 Å². The van der Waals surface area contributed by atoms with Crippen molar-refractivity contribution in [2.24, 2.45) is 5.92 Å². The maximum atomic E-state index is 12.3. The molecule has 0 saturated carbocycles. The molecule has 6 heteroatoms. The molecule has 0 spiro atoms. The number of hydrogen-bond donors (Lipinski definition) is 1. The van der Waals surface area contributed by atoms with Crippen LogP contribution in [0.2, 0.25) is 0 Å². The highest BCUT2D eigenvalue weighted by atomic mass is 32.2. The first-order valence-electron chi connectivity index (χ1n) is 6.66. The van der Waals surface area contributed by atoms with Gasteiger partial charge in [-0.1, -0.05) is 19.1 Å². The van der Waals surface area contributed by atoms with Crippen LogP contribution in [0.4, 0.5) is 13.2 Å². The molecule has 2 rings (SSSR count). The van der Waals surface area contributed by atoms with Crippen molar-refractivity contribution < 1.29 is 17.9 Å². The van der Waals surface area contributed by atoms with Crippen LogP contribution in [-0.4, -0.2) is 24.4 Å². The van der Waals surface area contributed by atoms with Crippen LogP contribution >= 0.6 is 11.8 Å². The summed E-state index contributed by atoms with van der Waals surface area (Å²) >= 11 is 1.89. The van der Waals surface area contributed by atoms with Gasteiger partial charge in [-0.3, -0.25) is 0 Å². The summed E-state index contributed by atoms with van der Waals surface area (Å²) in [5, 5.41) is 3.38. The predicted molar refractivity (Wildman–Crippen MR) is 75.0 cm³/mol. The van der Waals surface area contributed by atoms with E-state index in [2.05, 4.69) is 10.1 Å². The minimum atomic E-state index is -4.64. The van der Waals surface area contributed by atoms with E-state index >= 15 is 0 Å². The molecule has 2 atom stereocenters. The molecule has 0 bridgehead atoms. The van der Waals surface area contributed by atoms with Gasteiger partial charge in [0.05, 0.1) is 0 Å². The number of thioether (sulfide) groups is 1. The SMILES string of the molecule is CCNC(c1cccc(OC(F)(F)F)c1)C1CCSC1. The summed E-state index contributed by atoms with van der Waals surface area (Å²) in [6.45, 7) is 2.79. The fraction of sp³-hybridized carbons (Fsp3) is 0.571. The first-order valence-corrected chi connectivity index (χ1v) is 7.82. The Hall–Kier alpha value is -0.880. The van der Waals surface area contributed by atoms with Crippen molar-refractivity contribution in [1.82, 2.24) is 5.32 Å². The fourth-order valence-electron chi connectivity index (χ4n) is 2.50. The highest BCUT2D eigenvalue weighted by Gasteiger charge is 2.32. The molecule has 1 saturated heterocycles. The maximum absolute atomic E-state index is 12.3. The number of halogens is 3. The average Bonchev–Trinajstić information content (AvgIpc) is 2.87. The van der Waals surface area contributed by atoms with Gasteiger partial charge in [0, 0.05) is 6.04 Å². The maximum Gasteiger partial charge on any atom is 0.573 e. The number of ether oxygens (including phenoxy) is 1. The van der Waals surface area contributed by atoms with Gasteiger partial charge in [-0.05, 0) is 48.1 Å². The number of benzene rings is 1. The number of hydrogen-bond acceptors (Lipinski definition) is 3. The van der Waals surface area contributed by atoms with Gasteiger partial charge in [0.1, 0.15) is 5.75 Å². The third-order valence-corrected chi connectivity index (χ3v) is 4.50. The Bertz CT molecular complexity index is 433. The van der Waals surface area contributed by atoms with Crippen molar-refractivity contribution in [3.63, 3.8) is 0 Å². The predicted octanol–water partition coefficient (Wildman–Crippen LogP) is 3.99. The van der Waals surface area contributed by atoms with Crippen LogP contribution in [-0.2, 0) is 0 Å². The standard InChI is InChI=1S/C14H18F3NOS/c1-2-18-13(11-6-7-20-9-11)10-4-3-5-12(8-10)19-14(15,16)17/h3-5,8,11,13,18H,2,6-7,9H2,1H3. The smallest absolute Gasteiger partial charge is 0.406 e. The molecule has 1 fully saturated rings. The molecule has 0 aliphatic carbocycles. The highest BCUT2D eigenvalue weighted by molar-refractivity contribution is 7.99. The lowest BCUT2D eigenvalue weighted by Crippen LogP contribution is -2.28. The first-order chi connectivity index (χ1) is 9.49. The van der Waals surface area contributed by atoms with Crippen molar-refractivity contribution >= 4 is 11.8 Å². The summed E-state index contributed by atoms with van der Waals surface area (Å²) in [5.41, 5.74) is 0.862. The van der Waals surface area contributed by atoms with Crippen LogP contribution in [0.25, 0.3) is 0 Å². The topological polar surface area (TPSA) is 21.3 Å². The zero-order chi connectivity index (χ0) is 14.6. The Kier molecular flexibility index (Phi) is 5.21. The van der Waals surface area contributed by atoms with E-state index in [0.717, 1.165) is 30.0 Å². The van der Waals surface area contributed by atoms with Gasteiger partial charge >= 0.3 is 6.36 Å². The summed E-state index contributed by atoms with van der Waals surface area (Å²) in [7, 11) is 0. The molecule has 0 amide bonds. The monoisotopic (exact) mass is 305 g/mol. The Morgan fingerprint density at radius 1 is 1.45 bits per heavy atom. The van der Waals surface area contributed by atoms with E-state index in [1.807, 2.05) is 24.8 Å². The first kappa shape index (κ1) is 15.5. The summed E-state index contributed by atoms with van der Waals surface area (Å²) in [6, 6.07) is 6.39. The van der Waals surface area contributed by atoms with E-state index in [1.54, 1.807) is 6.07 Å². The van der Waals surface area contributed by atoms with Gasteiger partial charge in [-0.25, -0.2) is 0 Å². The van der Waals surface area contributed by atoms with E-state index in [4.69, 9.17) is 0 Å². The lowest BCUT2D eigenvalue weighted by atomic mass is 9.92. The molecule has 20 heavy (non-hydrogen) atoms. The van der Waals surface area contributed by atoms with Crippen molar-refractivity contribution in [2.45, 2.75) is 25.7 Å². The zero-order valence-corrected chi connectivity index (χ0v) is 12.1. The second-order valence-electron chi connectivity index (χ2n) is 4.78. The summed E-state index contributed by atoms with van der Waals surface area (Å²) in [5.74, 6) is 2.47. The molecule has 0 radical (unpaired) electrons. The minimum absolute atomic E-state index is 0.0896. The number of rotatable bonds is 5. The van der Waals surface area contributed by atoms with Gasteiger partial charge < -0.3 is 10.1 Å². The zero-order valence-electron chi connectivity index (χ0n) is 11.2. The average molecular weight is 305 g/mol. The van der Waals surface area contributed by atoms with Gasteiger partial charge in [0.2, 0.25) is 0 Å². The number of alkyl halides is 3. The highest BCUT2D eigenvalue weighted by Crippen LogP contribution is 2.35. The second kappa shape index (κ2) is 6.72. The van der Waals surface area contributed by atoms with E-state index < -0.39 is 6.36 Å². The fourth-order valence-corrected chi connectivity index (χ4v) is 3.80. The molecule has 1 aliphatic heterocycles. The van der Waals surface area contributed by atoms with Crippen molar-refractivity contribution in [1.29, 1.82) is 0 Å². The molecule has 1 aromatic carbocycles. The molecule has 1 aromatic rings. The molecule has 112 valence electrons. The van der Waals surface area contributed by atoms with E-state index in [0.29, 0.717) is 5.92 Å². The quantitative estimate of drug-likeness (QED) is 0.889. The van der Waals surface area contributed by atoms with Crippen molar-refractivity contribution in [2.75, 3.05) is 18.1 Å². The van der Waals surface area contributed by atoms with Crippen LogP contribution < -0.4 is 10.1 Å². The van der Waals surface area contributed by atoms with Crippen LogP contribution in [0.15, 0.2) is 24.3 Å². The summed E-state index contributed by atoms with van der Waals surface area (Å²) in [4.78, 5) is 0. The van der Waals surface area contributed by atoms with Gasteiger partial charge in [-0.15, -0.1) is 13.2 Å². The van der Waals surface area contributed by atoms with Crippen LogP contribution in [0.3, 0.4) is 0 Å². The Morgan fingerprint density at radius 3 is 2.85 bits per heavy atom. The van der Waals surface area contributed by atoms with Crippen LogP contribution in [0.5, 0.6) is 5.75 Å². The summed E-state index contributed by atoms with van der Waals surface area (Å²) in [6.07, 6.45) is -3.55. The Labute approximate surface area is 121 Å². The molecular weight excluding hydrogens is 287 g/mol. The van der Waals surface area contributed by atoms with Gasteiger partial charge in [-0.2, -0.15) is 11.8 Å². The second-order valence-corrected chi connectivity index (χ2v) is 5.93. The molecule has 0 aromatic heterocycles. The van der Waals surface area contributed by atoms with Crippen molar-refractivity contribution in [3.8, 4) is 5.75 Å². The van der Waals surface area contributed by atoms with Crippen LogP contribution in [0, 0.1) is 5.92 Å². The molecule has 2 unspecified atom stereocenters. The van der Waals surface area contributed by atoms with Crippen LogP contribution in [0.1, 0.15) is 24.9 Å². The minimum Gasteiger partial charge on any atom is -0.406 e. The largest absolute Gasteiger partial charge is 0.573 e. The third-order valence-electron chi connectivity index (χ3n) is 3.31. The molecule has 1 heterocycles. The number of nitrogens with one attached hydrogen (secondary N) is 1. The van der Waals surface area contributed by atoms with E-state index in [9.17, 15) is 13.2 Å². The van der Waals surface area contributed by atoms with E-state index in [-0.39, 0.29) is 11.8 Å².